The fourth-order valence-electron chi connectivity index (χ4n) is 2.44. The molecule has 0 aliphatic carbocycles. The van der Waals surface area contributed by atoms with Crippen LogP contribution in [-0.4, -0.2) is 29.1 Å². The molecule has 0 bridgehead atoms. The van der Waals surface area contributed by atoms with Gasteiger partial charge in [0.25, 0.3) is 5.91 Å². The maximum atomic E-state index is 12.0. The lowest BCUT2D eigenvalue weighted by Gasteiger charge is -2.30. The standard InChI is InChI=1S/C16H17ClN2OS/c1-11-6-8-19(9-7-11)16-18-15(20)14(21-16)10-12-2-4-13(17)5-3-12/h2-5,10-11H,6-9H2,1H3/b14-10-. The van der Waals surface area contributed by atoms with E-state index in [4.69, 9.17) is 11.6 Å². The summed E-state index contributed by atoms with van der Waals surface area (Å²) in [4.78, 5) is 19.2. The summed E-state index contributed by atoms with van der Waals surface area (Å²) in [5.41, 5.74) is 0.971. The van der Waals surface area contributed by atoms with Crippen LogP contribution in [-0.2, 0) is 4.79 Å². The number of carbonyl (C=O) groups is 1. The van der Waals surface area contributed by atoms with Gasteiger partial charge >= 0.3 is 0 Å². The van der Waals surface area contributed by atoms with Gasteiger partial charge in [-0.1, -0.05) is 30.7 Å². The van der Waals surface area contributed by atoms with Gasteiger partial charge in [-0.15, -0.1) is 0 Å². The van der Waals surface area contributed by atoms with Crippen LogP contribution in [0.3, 0.4) is 0 Å². The van der Waals surface area contributed by atoms with Crippen LogP contribution in [0.2, 0.25) is 5.02 Å². The van der Waals surface area contributed by atoms with Gasteiger partial charge in [-0.25, -0.2) is 0 Å². The Balaban J connectivity index is 1.71. The molecule has 0 N–H and O–H groups in total. The fourth-order valence-corrected chi connectivity index (χ4v) is 3.53. The molecule has 0 saturated carbocycles. The Bertz CT molecular complexity index is 601. The van der Waals surface area contributed by atoms with Crippen LogP contribution in [0.1, 0.15) is 25.3 Å². The lowest BCUT2D eigenvalue weighted by molar-refractivity contribution is -0.113. The van der Waals surface area contributed by atoms with E-state index in [0.29, 0.717) is 9.93 Å². The number of nitrogens with zero attached hydrogens (tertiary/aromatic N) is 2. The van der Waals surface area contributed by atoms with Crippen LogP contribution in [0.15, 0.2) is 34.2 Å². The third-order valence-corrected chi connectivity index (χ3v) is 5.13. The minimum absolute atomic E-state index is 0.136. The van der Waals surface area contributed by atoms with Crippen LogP contribution >= 0.6 is 23.4 Å². The van der Waals surface area contributed by atoms with E-state index in [2.05, 4.69) is 16.8 Å². The van der Waals surface area contributed by atoms with Gasteiger partial charge in [0.05, 0.1) is 4.91 Å². The molecule has 2 aliphatic heterocycles. The predicted octanol–water partition coefficient (Wildman–Crippen LogP) is 4.04. The average molecular weight is 321 g/mol. The molecule has 0 unspecified atom stereocenters. The van der Waals surface area contributed by atoms with Crippen LogP contribution in [0.5, 0.6) is 0 Å². The van der Waals surface area contributed by atoms with E-state index in [0.717, 1.165) is 29.7 Å². The number of halogens is 1. The van der Waals surface area contributed by atoms with Crippen LogP contribution in [0.4, 0.5) is 0 Å². The second-order valence-electron chi connectivity index (χ2n) is 5.53. The molecular weight excluding hydrogens is 304 g/mol. The normalized spacial score (nSPS) is 22.0. The zero-order chi connectivity index (χ0) is 14.8. The van der Waals surface area contributed by atoms with Crippen molar-refractivity contribution in [2.24, 2.45) is 10.9 Å². The minimum atomic E-state index is -0.136. The molecule has 1 aromatic rings. The molecule has 5 heteroatoms. The van der Waals surface area contributed by atoms with Gasteiger partial charge < -0.3 is 4.90 Å². The number of carbonyl (C=O) groups excluding carboxylic acids is 1. The Hall–Kier alpha value is -1.26. The molecule has 3 rings (SSSR count). The van der Waals surface area contributed by atoms with E-state index in [1.807, 2.05) is 30.3 Å². The molecule has 3 nitrogen and oxygen atoms in total. The Kier molecular flexibility index (Phi) is 4.36. The topological polar surface area (TPSA) is 32.7 Å². The van der Waals surface area contributed by atoms with E-state index in [-0.39, 0.29) is 5.91 Å². The van der Waals surface area contributed by atoms with Crippen LogP contribution in [0, 0.1) is 5.92 Å². The molecule has 1 aromatic carbocycles. The number of hydrogen-bond donors (Lipinski definition) is 0. The minimum Gasteiger partial charge on any atom is -0.351 e. The number of amides is 1. The number of aliphatic imine (C=N–C) groups is 1. The van der Waals surface area contributed by atoms with E-state index in [9.17, 15) is 4.79 Å². The monoisotopic (exact) mass is 320 g/mol. The van der Waals surface area contributed by atoms with Crippen molar-refractivity contribution < 1.29 is 4.79 Å². The first kappa shape index (κ1) is 14.7. The molecule has 0 atom stereocenters. The van der Waals surface area contributed by atoms with Crippen LogP contribution < -0.4 is 0 Å². The van der Waals surface area contributed by atoms with E-state index in [1.54, 1.807) is 0 Å². The van der Waals surface area contributed by atoms with Gasteiger partial charge in [-0.3, -0.25) is 4.79 Å². The van der Waals surface area contributed by atoms with Crippen LogP contribution in [0.25, 0.3) is 6.08 Å². The first-order chi connectivity index (χ1) is 10.1. The highest BCUT2D eigenvalue weighted by Crippen LogP contribution is 2.32. The second kappa shape index (κ2) is 6.24. The number of rotatable bonds is 1. The van der Waals surface area contributed by atoms with Crippen molar-refractivity contribution in [1.29, 1.82) is 0 Å². The molecule has 21 heavy (non-hydrogen) atoms. The Morgan fingerprint density at radius 3 is 2.62 bits per heavy atom. The highest BCUT2D eigenvalue weighted by Gasteiger charge is 2.28. The SMILES string of the molecule is CC1CCN(C2=NC(=O)/C(=C/c3ccc(Cl)cc3)S2)CC1. The highest BCUT2D eigenvalue weighted by molar-refractivity contribution is 8.18. The molecule has 110 valence electrons. The molecule has 0 radical (unpaired) electrons. The molecule has 1 amide bonds. The lowest BCUT2D eigenvalue weighted by atomic mass is 10.00. The zero-order valence-electron chi connectivity index (χ0n) is 11.9. The van der Waals surface area contributed by atoms with Crippen molar-refractivity contribution in [3.63, 3.8) is 0 Å². The summed E-state index contributed by atoms with van der Waals surface area (Å²) in [6.45, 7) is 4.26. The largest absolute Gasteiger partial charge is 0.351 e. The molecule has 2 aliphatic rings. The molecule has 0 aromatic heterocycles. The third-order valence-electron chi connectivity index (χ3n) is 3.83. The number of benzene rings is 1. The van der Waals surface area contributed by atoms with Crippen molar-refractivity contribution in [2.45, 2.75) is 19.8 Å². The van der Waals surface area contributed by atoms with E-state index < -0.39 is 0 Å². The number of hydrogen-bond acceptors (Lipinski definition) is 3. The summed E-state index contributed by atoms with van der Waals surface area (Å²) in [6.07, 6.45) is 4.22. The zero-order valence-corrected chi connectivity index (χ0v) is 13.5. The van der Waals surface area contributed by atoms with Gasteiger partial charge in [0, 0.05) is 18.1 Å². The Morgan fingerprint density at radius 1 is 1.29 bits per heavy atom. The smallest absolute Gasteiger partial charge is 0.286 e. The number of amidine groups is 1. The summed E-state index contributed by atoms with van der Waals surface area (Å²) in [6, 6.07) is 7.46. The van der Waals surface area contributed by atoms with E-state index >= 15 is 0 Å². The first-order valence-corrected chi connectivity index (χ1v) is 8.34. The van der Waals surface area contributed by atoms with Crippen molar-refractivity contribution >= 4 is 40.5 Å². The number of likely N-dealkylation sites (tertiary alicyclic amines) is 1. The Labute approximate surface area is 134 Å². The molecule has 1 saturated heterocycles. The van der Waals surface area contributed by atoms with Crippen molar-refractivity contribution in [2.75, 3.05) is 13.1 Å². The second-order valence-corrected chi connectivity index (χ2v) is 6.98. The van der Waals surface area contributed by atoms with Crippen molar-refractivity contribution in [3.05, 3.63) is 39.8 Å². The maximum Gasteiger partial charge on any atom is 0.286 e. The molecule has 2 heterocycles. The summed E-state index contributed by atoms with van der Waals surface area (Å²) in [5, 5.41) is 1.55. The highest BCUT2D eigenvalue weighted by atomic mass is 35.5. The first-order valence-electron chi connectivity index (χ1n) is 7.15. The molecule has 1 fully saturated rings. The summed E-state index contributed by atoms with van der Waals surface area (Å²) in [7, 11) is 0. The number of piperidine rings is 1. The molecule has 0 spiro atoms. The van der Waals surface area contributed by atoms with Gasteiger partial charge in [0.2, 0.25) is 0 Å². The van der Waals surface area contributed by atoms with Gasteiger partial charge in [0.1, 0.15) is 0 Å². The summed E-state index contributed by atoms with van der Waals surface area (Å²) in [5.74, 6) is 0.636. The average Bonchev–Trinajstić information content (AvgIpc) is 2.83. The quantitative estimate of drug-likeness (QED) is 0.732. The predicted molar refractivity (Wildman–Crippen MR) is 89.4 cm³/mol. The lowest BCUT2D eigenvalue weighted by Crippen LogP contribution is -2.35. The Morgan fingerprint density at radius 2 is 1.95 bits per heavy atom. The third kappa shape index (κ3) is 3.50. The molecular formula is C16H17ClN2OS. The van der Waals surface area contributed by atoms with E-state index in [1.165, 1.54) is 24.6 Å². The number of thioether (sulfide) groups is 1. The maximum absolute atomic E-state index is 12.0. The van der Waals surface area contributed by atoms with Crippen molar-refractivity contribution in [3.8, 4) is 0 Å². The van der Waals surface area contributed by atoms with Gasteiger partial charge in [0.15, 0.2) is 5.17 Å². The summed E-state index contributed by atoms with van der Waals surface area (Å²) < 4.78 is 0. The summed E-state index contributed by atoms with van der Waals surface area (Å²) >= 11 is 7.35. The fraction of sp³-hybridized carbons (Fsp3) is 0.375. The van der Waals surface area contributed by atoms with Gasteiger partial charge in [-0.2, -0.15) is 4.99 Å². The van der Waals surface area contributed by atoms with Gasteiger partial charge in [-0.05, 0) is 54.3 Å². The van der Waals surface area contributed by atoms with Crippen molar-refractivity contribution in [1.82, 2.24) is 4.90 Å².